The van der Waals surface area contributed by atoms with E-state index in [9.17, 15) is 4.79 Å². The molecule has 1 amide bonds. The first-order chi connectivity index (χ1) is 9.66. The molecular weight excluding hydrogens is 252 g/mol. The largest absolute Gasteiger partial charge is 0.469 e. The van der Waals surface area contributed by atoms with Gasteiger partial charge in [-0.1, -0.05) is 12.1 Å². The van der Waals surface area contributed by atoms with Crippen molar-refractivity contribution in [2.45, 2.75) is 13.5 Å². The molecule has 1 N–H and O–H groups in total. The van der Waals surface area contributed by atoms with Gasteiger partial charge >= 0.3 is 0 Å². The molecule has 0 bridgehead atoms. The molecule has 1 aromatic carbocycles. The number of aromatic amines is 1. The Morgan fingerprint density at radius 3 is 2.90 bits per heavy atom. The van der Waals surface area contributed by atoms with Crippen molar-refractivity contribution in [3.05, 3.63) is 59.7 Å². The Kier molecular flexibility index (Phi) is 3.06. The molecule has 3 rings (SSSR count). The van der Waals surface area contributed by atoms with Crippen LogP contribution in [0.15, 0.2) is 47.2 Å². The van der Waals surface area contributed by atoms with Gasteiger partial charge in [-0.25, -0.2) is 0 Å². The SMILES string of the molecule is Cc1occc1CN(C)C(=O)c1cccc2cc[nH]c12. The van der Waals surface area contributed by atoms with E-state index >= 15 is 0 Å². The summed E-state index contributed by atoms with van der Waals surface area (Å²) in [5, 5.41) is 1.05. The van der Waals surface area contributed by atoms with E-state index in [1.807, 2.05) is 43.5 Å². The number of H-pyrrole nitrogens is 1. The molecular formula is C16H16N2O2. The molecule has 0 saturated carbocycles. The number of fused-ring (bicyclic) bond motifs is 1. The zero-order valence-electron chi connectivity index (χ0n) is 11.5. The Morgan fingerprint density at radius 1 is 1.30 bits per heavy atom. The van der Waals surface area contributed by atoms with Crippen LogP contribution in [0.1, 0.15) is 21.7 Å². The van der Waals surface area contributed by atoms with Crippen LogP contribution in [0.25, 0.3) is 10.9 Å². The third-order valence-electron chi connectivity index (χ3n) is 3.54. The van der Waals surface area contributed by atoms with Crippen molar-refractivity contribution in [1.29, 1.82) is 0 Å². The van der Waals surface area contributed by atoms with Crippen molar-refractivity contribution in [3.63, 3.8) is 0 Å². The lowest BCUT2D eigenvalue weighted by Gasteiger charge is -2.17. The summed E-state index contributed by atoms with van der Waals surface area (Å²) >= 11 is 0. The van der Waals surface area contributed by atoms with Crippen molar-refractivity contribution in [1.82, 2.24) is 9.88 Å². The van der Waals surface area contributed by atoms with Crippen molar-refractivity contribution in [2.24, 2.45) is 0 Å². The Labute approximate surface area is 117 Å². The molecule has 0 atom stereocenters. The fraction of sp³-hybridized carbons (Fsp3) is 0.188. The zero-order chi connectivity index (χ0) is 14.1. The van der Waals surface area contributed by atoms with E-state index in [0.29, 0.717) is 12.1 Å². The Morgan fingerprint density at radius 2 is 2.15 bits per heavy atom. The number of benzene rings is 1. The van der Waals surface area contributed by atoms with Crippen molar-refractivity contribution in [2.75, 3.05) is 7.05 Å². The lowest BCUT2D eigenvalue weighted by Crippen LogP contribution is -2.26. The highest BCUT2D eigenvalue weighted by Crippen LogP contribution is 2.19. The second-order valence-corrected chi connectivity index (χ2v) is 4.91. The molecule has 0 aliphatic rings. The first-order valence-electron chi connectivity index (χ1n) is 6.51. The minimum absolute atomic E-state index is 0.00125. The molecule has 4 heteroatoms. The van der Waals surface area contributed by atoms with Gasteiger partial charge in [0.2, 0.25) is 0 Å². The van der Waals surface area contributed by atoms with E-state index in [0.717, 1.165) is 22.2 Å². The number of hydrogen-bond donors (Lipinski definition) is 1. The van der Waals surface area contributed by atoms with Gasteiger partial charge in [-0.3, -0.25) is 4.79 Å². The number of aryl methyl sites for hydroxylation is 1. The molecule has 102 valence electrons. The van der Waals surface area contributed by atoms with E-state index < -0.39 is 0 Å². The van der Waals surface area contributed by atoms with Crippen LogP contribution in [0.3, 0.4) is 0 Å². The predicted octanol–water partition coefficient (Wildman–Crippen LogP) is 3.34. The van der Waals surface area contributed by atoms with Crippen LogP contribution >= 0.6 is 0 Å². The van der Waals surface area contributed by atoms with Crippen LogP contribution in [-0.4, -0.2) is 22.8 Å². The molecule has 20 heavy (non-hydrogen) atoms. The van der Waals surface area contributed by atoms with Crippen molar-refractivity contribution in [3.8, 4) is 0 Å². The third-order valence-corrected chi connectivity index (χ3v) is 3.54. The van der Waals surface area contributed by atoms with Gasteiger partial charge in [-0.05, 0) is 25.1 Å². The predicted molar refractivity (Wildman–Crippen MR) is 77.5 cm³/mol. The summed E-state index contributed by atoms with van der Waals surface area (Å²) in [6, 6.07) is 9.60. The Bertz CT molecular complexity index is 755. The minimum atomic E-state index is -0.00125. The maximum Gasteiger partial charge on any atom is 0.256 e. The first kappa shape index (κ1) is 12.5. The van der Waals surface area contributed by atoms with Gasteiger partial charge in [0.15, 0.2) is 0 Å². The summed E-state index contributed by atoms with van der Waals surface area (Å²) in [6.07, 6.45) is 3.50. The first-order valence-corrected chi connectivity index (χ1v) is 6.51. The van der Waals surface area contributed by atoms with E-state index in [4.69, 9.17) is 4.42 Å². The standard InChI is InChI=1S/C16H16N2O2/c1-11-13(7-9-20-11)10-18(2)16(19)14-5-3-4-12-6-8-17-15(12)14/h3-9,17H,10H2,1-2H3. The van der Waals surface area contributed by atoms with Crippen LogP contribution in [0, 0.1) is 6.92 Å². The van der Waals surface area contributed by atoms with E-state index in [1.165, 1.54) is 0 Å². The average Bonchev–Trinajstić information content (AvgIpc) is 3.07. The highest BCUT2D eigenvalue weighted by atomic mass is 16.3. The quantitative estimate of drug-likeness (QED) is 0.792. The summed E-state index contributed by atoms with van der Waals surface area (Å²) in [5.41, 5.74) is 2.60. The number of nitrogens with one attached hydrogen (secondary N) is 1. The second kappa shape index (κ2) is 4.89. The van der Waals surface area contributed by atoms with Crippen LogP contribution in [0.5, 0.6) is 0 Å². The van der Waals surface area contributed by atoms with E-state index in [2.05, 4.69) is 4.98 Å². The topological polar surface area (TPSA) is 49.2 Å². The van der Waals surface area contributed by atoms with Gasteiger partial charge in [0.1, 0.15) is 5.76 Å². The monoisotopic (exact) mass is 268 g/mol. The summed E-state index contributed by atoms with van der Waals surface area (Å²) in [5.74, 6) is 0.849. The lowest BCUT2D eigenvalue weighted by molar-refractivity contribution is 0.0786. The van der Waals surface area contributed by atoms with Gasteiger partial charge in [0.25, 0.3) is 5.91 Å². The number of nitrogens with zero attached hydrogens (tertiary/aromatic N) is 1. The number of amides is 1. The van der Waals surface area contributed by atoms with Crippen LogP contribution in [0.4, 0.5) is 0 Å². The molecule has 0 fully saturated rings. The van der Waals surface area contributed by atoms with Gasteiger partial charge < -0.3 is 14.3 Å². The average molecular weight is 268 g/mol. The van der Waals surface area contributed by atoms with Crippen LogP contribution < -0.4 is 0 Å². The van der Waals surface area contributed by atoms with Gasteiger partial charge in [0, 0.05) is 30.7 Å². The smallest absolute Gasteiger partial charge is 0.256 e. The summed E-state index contributed by atoms with van der Waals surface area (Å²) < 4.78 is 5.26. The number of rotatable bonds is 3. The highest BCUT2D eigenvalue weighted by molar-refractivity contribution is 6.05. The fourth-order valence-electron chi connectivity index (χ4n) is 2.37. The number of carbonyl (C=O) groups excluding carboxylic acids is 1. The summed E-state index contributed by atoms with van der Waals surface area (Å²) in [4.78, 5) is 17.4. The lowest BCUT2D eigenvalue weighted by atomic mass is 10.1. The molecule has 0 aliphatic carbocycles. The molecule has 0 saturated heterocycles. The number of furan rings is 1. The molecule has 4 nitrogen and oxygen atoms in total. The van der Waals surface area contributed by atoms with Gasteiger partial charge in [-0.2, -0.15) is 0 Å². The van der Waals surface area contributed by atoms with E-state index in [1.54, 1.807) is 18.2 Å². The normalized spacial score (nSPS) is 10.9. The Balaban J connectivity index is 1.88. The van der Waals surface area contributed by atoms with Gasteiger partial charge in [0.05, 0.1) is 17.3 Å². The number of hydrogen-bond acceptors (Lipinski definition) is 2. The molecule has 3 aromatic rings. The van der Waals surface area contributed by atoms with Crippen molar-refractivity contribution >= 4 is 16.8 Å². The van der Waals surface area contributed by atoms with Gasteiger partial charge in [-0.15, -0.1) is 0 Å². The minimum Gasteiger partial charge on any atom is -0.469 e. The maximum absolute atomic E-state index is 12.6. The zero-order valence-corrected chi connectivity index (χ0v) is 11.5. The highest BCUT2D eigenvalue weighted by Gasteiger charge is 2.16. The van der Waals surface area contributed by atoms with Crippen LogP contribution in [0.2, 0.25) is 0 Å². The number of carbonyl (C=O) groups is 1. The molecule has 0 spiro atoms. The van der Waals surface area contributed by atoms with Crippen molar-refractivity contribution < 1.29 is 9.21 Å². The van der Waals surface area contributed by atoms with Crippen LogP contribution in [-0.2, 0) is 6.54 Å². The molecule has 2 heterocycles. The molecule has 0 aliphatic heterocycles. The summed E-state index contributed by atoms with van der Waals surface area (Å²) in [7, 11) is 1.80. The third kappa shape index (κ3) is 2.09. The molecule has 0 radical (unpaired) electrons. The molecule has 0 unspecified atom stereocenters. The second-order valence-electron chi connectivity index (χ2n) is 4.91. The maximum atomic E-state index is 12.6. The molecule has 2 aromatic heterocycles. The summed E-state index contributed by atoms with van der Waals surface area (Å²) in [6.45, 7) is 2.44. The van der Waals surface area contributed by atoms with E-state index in [-0.39, 0.29) is 5.91 Å². The Hall–Kier alpha value is -2.49. The number of para-hydroxylation sites is 1. The fourth-order valence-corrected chi connectivity index (χ4v) is 2.37. The number of aromatic nitrogens is 1.